The number of piperidine rings is 1. The van der Waals surface area contributed by atoms with E-state index in [-0.39, 0.29) is 23.2 Å². The van der Waals surface area contributed by atoms with E-state index in [4.69, 9.17) is 10.5 Å². The van der Waals surface area contributed by atoms with Gasteiger partial charge in [0.15, 0.2) is 0 Å². The summed E-state index contributed by atoms with van der Waals surface area (Å²) in [6, 6.07) is 4.42. The van der Waals surface area contributed by atoms with Gasteiger partial charge in [-0.25, -0.2) is 4.79 Å². The Hall–Kier alpha value is -2.68. The molecule has 1 heterocycles. The summed E-state index contributed by atoms with van der Waals surface area (Å²) < 4.78 is 5.28. The van der Waals surface area contributed by atoms with Crippen LogP contribution in [0.15, 0.2) is 18.2 Å². The summed E-state index contributed by atoms with van der Waals surface area (Å²) >= 11 is 0. The number of nitrogens with zero attached hydrogens (tertiary/aromatic N) is 2. The van der Waals surface area contributed by atoms with Gasteiger partial charge in [0, 0.05) is 36.3 Å². The molecule has 30 heavy (non-hydrogen) atoms. The number of ether oxygens (including phenoxy) is 1. The van der Waals surface area contributed by atoms with Crippen LogP contribution in [0.1, 0.15) is 62.4 Å². The molecule has 1 aliphatic rings. The number of benzene rings is 1. The summed E-state index contributed by atoms with van der Waals surface area (Å²) in [5.41, 5.74) is 5.73. The summed E-state index contributed by atoms with van der Waals surface area (Å²) in [5.74, 6) is -0.276. The Kier molecular flexibility index (Phi) is 8.16. The number of carbonyl (C=O) groups excluding carboxylic acids is 2. The Balaban J connectivity index is 2.06. The van der Waals surface area contributed by atoms with Gasteiger partial charge in [0.2, 0.25) is 0 Å². The molecule has 9 nitrogen and oxygen atoms in total. The number of hydrogen-bond donors (Lipinski definition) is 2. The summed E-state index contributed by atoms with van der Waals surface area (Å²) in [6.07, 6.45) is 3.05. The monoisotopic (exact) mass is 420 g/mol. The Labute approximate surface area is 177 Å². The normalized spacial score (nSPS) is 16.8. The summed E-state index contributed by atoms with van der Waals surface area (Å²) in [7, 11) is 0. The van der Waals surface area contributed by atoms with Crippen LogP contribution in [0.4, 0.5) is 10.5 Å². The minimum Gasteiger partial charge on any atom is -0.444 e. The minimum absolute atomic E-state index is 0.0432. The van der Waals surface area contributed by atoms with E-state index < -0.39 is 16.6 Å². The van der Waals surface area contributed by atoms with Crippen molar-refractivity contribution in [2.45, 2.75) is 64.5 Å². The van der Waals surface area contributed by atoms with E-state index in [1.165, 1.54) is 6.07 Å². The molecule has 0 radical (unpaired) electrons. The van der Waals surface area contributed by atoms with Crippen molar-refractivity contribution in [3.05, 3.63) is 39.4 Å². The molecule has 9 heteroatoms. The lowest BCUT2D eigenvalue weighted by molar-refractivity contribution is -0.385. The molecular formula is C21H32N4O5. The largest absolute Gasteiger partial charge is 0.444 e. The van der Waals surface area contributed by atoms with Crippen molar-refractivity contribution >= 4 is 17.7 Å². The lowest BCUT2D eigenvalue weighted by Crippen LogP contribution is -2.50. The minimum atomic E-state index is -0.598. The van der Waals surface area contributed by atoms with Crippen molar-refractivity contribution in [1.82, 2.24) is 10.2 Å². The molecule has 2 amide bonds. The number of nitrogens with two attached hydrogens (primary N) is 1. The first-order valence-corrected chi connectivity index (χ1v) is 10.4. The molecule has 1 aliphatic heterocycles. The van der Waals surface area contributed by atoms with Gasteiger partial charge in [0.1, 0.15) is 5.60 Å². The average Bonchev–Trinajstić information content (AvgIpc) is 2.66. The van der Waals surface area contributed by atoms with Crippen LogP contribution >= 0.6 is 0 Å². The first kappa shape index (κ1) is 23.6. The number of alkyl carbamates (subject to hydrolysis) is 1. The van der Waals surface area contributed by atoms with Gasteiger partial charge in [-0.1, -0.05) is 6.07 Å². The summed E-state index contributed by atoms with van der Waals surface area (Å²) in [5, 5.41) is 14.3. The smallest absolute Gasteiger partial charge is 0.407 e. The fourth-order valence-electron chi connectivity index (χ4n) is 3.47. The topological polar surface area (TPSA) is 128 Å². The number of aryl methyl sites for hydroxylation is 1. The Morgan fingerprint density at radius 3 is 2.70 bits per heavy atom. The van der Waals surface area contributed by atoms with Crippen molar-refractivity contribution in [2.24, 2.45) is 5.73 Å². The van der Waals surface area contributed by atoms with Gasteiger partial charge in [-0.05, 0) is 65.5 Å². The predicted octanol–water partition coefficient (Wildman–Crippen LogP) is 3.01. The van der Waals surface area contributed by atoms with Crippen LogP contribution in [-0.4, -0.2) is 53.1 Å². The highest BCUT2D eigenvalue weighted by molar-refractivity contribution is 5.95. The van der Waals surface area contributed by atoms with Crippen LogP contribution in [0, 0.1) is 10.1 Å². The fraction of sp³-hybridized carbons (Fsp3) is 0.619. The quantitative estimate of drug-likeness (QED) is 0.396. The van der Waals surface area contributed by atoms with Gasteiger partial charge in [0.25, 0.3) is 11.6 Å². The van der Waals surface area contributed by atoms with Gasteiger partial charge in [-0.15, -0.1) is 0 Å². The number of nitro benzene ring substituents is 1. The SMILES string of the molecule is CC(C)(C)OC(=O)N[C@@H]1CCCN(C(=O)c2ccc(CCCCN)c([N+](=O)[O-])c2)C1. The maximum absolute atomic E-state index is 12.9. The van der Waals surface area contributed by atoms with Crippen molar-refractivity contribution < 1.29 is 19.2 Å². The molecular weight excluding hydrogens is 388 g/mol. The summed E-state index contributed by atoms with van der Waals surface area (Å²) in [6.45, 7) is 6.78. The molecule has 0 saturated carbocycles. The molecule has 1 saturated heterocycles. The zero-order valence-corrected chi connectivity index (χ0v) is 18.0. The third-order valence-corrected chi connectivity index (χ3v) is 4.86. The molecule has 2 rings (SSSR count). The van der Waals surface area contributed by atoms with Crippen LogP contribution in [0.3, 0.4) is 0 Å². The van der Waals surface area contributed by atoms with E-state index in [1.807, 2.05) is 0 Å². The van der Waals surface area contributed by atoms with Crippen molar-refractivity contribution in [3.63, 3.8) is 0 Å². The number of likely N-dealkylation sites (tertiary alicyclic amines) is 1. The number of unbranched alkanes of at least 4 members (excludes halogenated alkanes) is 1. The van der Waals surface area contributed by atoms with E-state index in [9.17, 15) is 19.7 Å². The van der Waals surface area contributed by atoms with Gasteiger partial charge in [-0.3, -0.25) is 14.9 Å². The second-order valence-electron chi connectivity index (χ2n) is 8.58. The zero-order valence-electron chi connectivity index (χ0n) is 18.0. The van der Waals surface area contributed by atoms with Crippen LogP contribution < -0.4 is 11.1 Å². The predicted molar refractivity (Wildman–Crippen MR) is 113 cm³/mol. The number of nitro groups is 1. The Bertz CT molecular complexity index is 775. The number of rotatable bonds is 7. The molecule has 3 N–H and O–H groups in total. The van der Waals surface area contributed by atoms with Gasteiger partial charge in [-0.2, -0.15) is 0 Å². The number of amides is 2. The molecule has 1 fully saturated rings. The van der Waals surface area contributed by atoms with Crippen LogP contribution in [0.25, 0.3) is 0 Å². The molecule has 1 atom stereocenters. The maximum atomic E-state index is 12.9. The third kappa shape index (κ3) is 6.98. The highest BCUT2D eigenvalue weighted by Crippen LogP contribution is 2.24. The lowest BCUT2D eigenvalue weighted by atomic mass is 10.0. The van der Waals surface area contributed by atoms with Crippen LogP contribution in [0.2, 0.25) is 0 Å². The molecule has 0 bridgehead atoms. The van der Waals surface area contributed by atoms with Crippen LogP contribution in [-0.2, 0) is 11.2 Å². The first-order chi connectivity index (χ1) is 14.1. The van der Waals surface area contributed by atoms with Gasteiger partial charge < -0.3 is 20.7 Å². The van der Waals surface area contributed by atoms with Crippen molar-refractivity contribution in [1.29, 1.82) is 0 Å². The second-order valence-corrected chi connectivity index (χ2v) is 8.58. The van der Waals surface area contributed by atoms with Crippen molar-refractivity contribution in [2.75, 3.05) is 19.6 Å². The number of carbonyl (C=O) groups is 2. The standard InChI is InChI=1S/C21H32N4O5/c1-21(2,3)30-20(27)23-17-8-6-12-24(14-17)19(26)16-10-9-15(7-4-5-11-22)18(13-16)25(28)29/h9-10,13,17H,4-8,11-12,14,22H2,1-3H3,(H,23,27)/t17-/m1/s1. The van der Waals surface area contributed by atoms with Crippen molar-refractivity contribution in [3.8, 4) is 0 Å². The van der Waals surface area contributed by atoms with Crippen LogP contribution in [0.5, 0.6) is 0 Å². The molecule has 0 aromatic heterocycles. The number of hydrogen-bond acceptors (Lipinski definition) is 6. The molecule has 1 aromatic rings. The van der Waals surface area contributed by atoms with E-state index >= 15 is 0 Å². The lowest BCUT2D eigenvalue weighted by Gasteiger charge is -2.33. The summed E-state index contributed by atoms with van der Waals surface area (Å²) in [4.78, 5) is 37.6. The van der Waals surface area contributed by atoms with E-state index in [0.717, 1.165) is 25.7 Å². The Morgan fingerprint density at radius 1 is 1.33 bits per heavy atom. The van der Waals surface area contributed by atoms with E-state index in [2.05, 4.69) is 5.32 Å². The molecule has 0 aliphatic carbocycles. The van der Waals surface area contributed by atoms with Gasteiger partial charge in [0.05, 0.1) is 4.92 Å². The number of nitrogens with one attached hydrogen (secondary N) is 1. The highest BCUT2D eigenvalue weighted by atomic mass is 16.6. The maximum Gasteiger partial charge on any atom is 0.407 e. The highest BCUT2D eigenvalue weighted by Gasteiger charge is 2.28. The van der Waals surface area contributed by atoms with E-state index in [1.54, 1.807) is 37.8 Å². The first-order valence-electron chi connectivity index (χ1n) is 10.4. The molecule has 0 unspecified atom stereocenters. The Morgan fingerprint density at radius 2 is 2.07 bits per heavy atom. The molecule has 0 spiro atoms. The van der Waals surface area contributed by atoms with Gasteiger partial charge >= 0.3 is 6.09 Å². The van der Waals surface area contributed by atoms with E-state index in [0.29, 0.717) is 31.6 Å². The average molecular weight is 421 g/mol. The second kappa shape index (κ2) is 10.4. The zero-order chi connectivity index (χ0) is 22.3. The fourth-order valence-corrected chi connectivity index (χ4v) is 3.47. The molecule has 166 valence electrons. The third-order valence-electron chi connectivity index (χ3n) is 4.86. The molecule has 1 aromatic carbocycles.